The average Bonchev–Trinajstić information content (AvgIpc) is 3.40. The van der Waals surface area contributed by atoms with Gasteiger partial charge in [-0.1, -0.05) is 267 Å². The number of hydrogen-bond donors (Lipinski definition) is 1. The smallest absolute Gasteiger partial charge is 0.361 e. The molecule has 9 heteroatoms. The summed E-state index contributed by atoms with van der Waals surface area (Å²) in [5.41, 5.74) is 0. The minimum atomic E-state index is -1.52. The van der Waals surface area contributed by atoms with Crippen LogP contribution in [0.2, 0.25) is 0 Å². The molecular formula is C68H124NO8+. The van der Waals surface area contributed by atoms with Crippen LogP contribution in [0.25, 0.3) is 0 Å². The van der Waals surface area contributed by atoms with Crippen LogP contribution in [0.15, 0.2) is 60.8 Å². The number of allylic oxidation sites excluding steroid dienone is 10. The molecule has 0 aliphatic heterocycles. The number of nitrogens with zero attached hydrogens (tertiary/aromatic N) is 1. The maximum Gasteiger partial charge on any atom is 0.361 e. The topological polar surface area (TPSA) is 108 Å². The molecule has 0 aliphatic carbocycles. The van der Waals surface area contributed by atoms with E-state index in [1.807, 2.05) is 21.1 Å². The number of aliphatic carboxylic acids is 1. The Bertz CT molecular complexity index is 1450. The van der Waals surface area contributed by atoms with Gasteiger partial charge in [-0.25, -0.2) is 4.79 Å². The number of rotatable bonds is 60. The molecule has 0 amide bonds. The Balaban J connectivity index is 4.07. The second-order valence-electron chi connectivity index (χ2n) is 23.0. The number of carboxylic acids is 1. The predicted octanol–water partition coefficient (Wildman–Crippen LogP) is 19.6. The van der Waals surface area contributed by atoms with Gasteiger partial charge in [-0.15, -0.1) is 0 Å². The fourth-order valence-electron chi connectivity index (χ4n) is 9.30. The van der Waals surface area contributed by atoms with Crippen molar-refractivity contribution in [3.8, 4) is 0 Å². The minimum absolute atomic E-state index is 0.184. The second-order valence-corrected chi connectivity index (χ2v) is 23.0. The molecule has 9 nitrogen and oxygen atoms in total. The molecule has 448 valence electrons. The lowest BCUT2D eigenvalue weighted by atomic mass is 10.0. The lowest BCUT2D eigenvalue weighted by Gasteiger charge is -2.25. The Morgan fingerprint density at radius 2 is 0.740 bits per heavy atom. The van der Waals surface area contributed by atoms with Crippen molar-refractivity contribution in [3.05, 3.63) is 60.8 Å². The minimum Gasteiger partial charge on any atom is -0.477 e. The molecule has 0 saturated heterocycles. The van der Waals surface area contributed by atoms with Gasteiger partial charge < -0.3 is 28.5 Å². The predicted molar refractivity (Wildman–Crippen MR) is 327 cm³/mol. The van der Waals surface area contributed by atoms with E-state index < -0.39 is 24.3 Å². The van der Waals surface area contributed by atoms with Gasteiger partial charge in [0.15, 0.2) is 6.10 Å². The number of ether oxygens (including phenoxy) is 4. The normalized spacial score (nSPS) is 13.1. The summed E-state index contributed by atoms with van der Waals surface area (Å²) in [6.45, 7) is 4.78. The van der Waals surface area contributed by atoms with E-state index in [9.17, 15) is 19.5 Å². The highest BCUT2D eigenvalue weighted by Gasteiger charge is 2.25. The van der Waals surface area contributed by atoms with Crippen molar-refractivity contribution in [1.29, 1.82) is 0 Å². The first-order valence-electron chi connectivity index (χ1n) is 32.5. The maximum absolute atomic E-state index is 12.9. The van der Waals surface area contributed by atoms with Gasteiger partial charge in [-0.05, 0) is 77.0 Å². The Labute approximate surface area is 475 Å². The van der Waals surface area contributed by atoms with Crippen molar-refractivity contribution < 1.29 is 42.9 Å². The fraction of sp³-hybridized carbons (Fsp3) is 0.809. The summed E-state index contributed by atoms with van der Waals surface area (Å²) in [6.07, 6.45) is 73.3. The van der Waals surface area contributed by atoms with E-state index in [0.29, 0.717) is 23.9 Å². The summed E-state index contributed by atoms with van der Waals surface area (Å²) >= 11 is 0. The number of esters is 2. The van der Waals surface area contributed by atoms with Crippen molar-refractivity contribution in [2.45, 2.75) is 309 Å². The van der Waals surface area contributed by atoms with Gasteiger partial charge >= 0.3 is 17.9 Å². The molecule has 2 unspecified atom stereocenters. The standard InChI is InChI=1S/C68H123NO8/c1-6-8-10-12-14-16-18-20-22-24-26-27-28-29-30-31-32-33-34-35-36-37-38-39-41-42-44-46-48-50-52-54-56-58-65(70)75-62-64(63-76-68(67(72)73)74-61-60-69(3,4)5)77-66(71)59-57-55-53-51-49-47-45-43-40-25-23-21-19-17-15-13-11-9-7-2/h9,11,15,17,21,23-24,26,40,43,64,68H,6-8,10,12-14,16,18-20,22,25,27-39,41-42,44-63H2,1-5H3/p+1/b11-9-,17-15-,23-21-,26-24-,43-40-. The molecular weight excluding hydrogens is 959 g/mol. The van der Waals surface area contributed by atoms with Gasteiger partial charge in [0.25, 0.3) is 6.29 Å². The molecule has 2 atom stereocenters. The molecule has 0 aromatic carbocycles. The van der Waals surface area contributed by atoms with Crippen molar-refractivity contribution in [2.24, 2.45) is 0 Å². The zero-order valence-corrected chi connectivity index (χ0v) is 51.1. The van der Waals surface area contributed by atoms with Gasteiger partial charge in [-0.2, -0.15) is 0 Å². The number of quaternary nitrogens is 1. The fourth-order valence-corrected chi connectivity index (χ4v) is 9.30. The van der Waals surface area contributed by atoms with E-state index >= 15 is 0 Å². The van der Waals surface area contributed by atoms with Crippen molar-refractivity contribution in [3.63, 3.8) is 0 Å². The lowest BCUT2D eigenvalue weighted by Crippen LogP contribution is -2.40. The Kier molecular flexibility index (Phi) is 56.8. The van der Waals surface area contributed by atoms with Crippen molar-refractivity contribution in [2.75, 3.05) is 47.5 Å². The summed E-state index contributed by atoms with van der Waals surface area (Å²) in [7, 11) is 5.97. The van der Waals surface area contributed by atoms with E-state index in [0.717, 1.165) is 83.5 Å². The highest BCUT2D eigenvalue weighted by molar-refractivity contribution is 5.71. The monoisotopic (exact) mass is 1080 g/mol. The number of unbranched alkanes of at least 4 members (excludes halogenated alkanes) is 35. The van der Waals surface area contributed by atoms with E-state index in [2.05, 4.69) is 74.6 Å². The molecule has 77 heavy (non-hydrogen) atoms. The maximum atomic E-state index is 12.9. The summed E-state index contributed by atoms with van der Waals surface area (Å²) in [5, 5.41) is 9.72. The molecule has 0 saturated carbocycles. The van der Waals surface area contributed by atoms with E-state index in [-0.39, 0.29) is 32.2 Å². The molecule has 0 heterocycles. The van der Waals surface area contributed by atoms with Crippen LogP contribution in [0.5, 0.6) is 0 Å². The Morgan fingerprint density at radius 3 is 1.12 bits per heavy atom. The van der Waals surface area contributed by atoms with Gasteiger partial charge in [0.1, 0.15) is 13.2 Å². The van der Waals surface area contributed by atoms with Crippen LogP contribution in [0.1, 0.15) is 296 Å². The molecule has 0 spiro atoms. The van der Waals surface area contributed by atoms with E-state index in [4.69, 9.17) is 18.9 Å². The number of carbonyl (C=O) groups is 3. The summed E-state index contributed by atoms with van der Waals surface area (Å²) in [5.74, 6) is -2.01. The lowest BCUT2D eigenvalue weighted by molar-refractivity contribution is -0.870. The van der Waals surface area contributed by atoms with Gasteiger partial charge in [0.2, 0.25) is 0 Å². The number of likely N-dealkylation sites (N-methyl/N-ethyl adjacent to an activating group) is 1. The van der Waals surface area contributed by atoms with Gasteiger partial charge in [0.05, 0.1) is 34.4 Å². The third-order valence-electron chi connectivity index (χ3n) is 14.3. The molecule has 0 fully saturated rings. The molecule has 0 aromatic rings. The van der Waals surface area contributed by atoms with Gasteiger partial charge in [0, 0.05) is 12.8 Å². The van der Waals surface area contributed by atoms with Crippen LogP contribution in [-0.2, 0) is 33.3 Å². The second kappa shape index (κ2) is 59.1. The average molecular weight is 1080 g/mol. The van der Waals surface area contributed by atoms with Crippen LogP contribution < -0.4 is 0 Å². The molecule has 0 rings (SSSR count). The molecule has 0 aromatic heterocycles. The third-order valence-corrected chi connectivity index (χ3v) is 14.3. The Morgan fingerprint density at radius 1 is 0.403 bits per heavy atom. The number of hydrogen-bond acceptors (Lipinski definition) is 7. The molecule has 1 N–H and O–H groups in total. The highest BCUT2D eigenvalue weighted by Crippen LogP contribution is 2.17. The van der Waals surface area contributed by atoms with Crippen LogP contribution in [0, 0.1) is 0 Å². The zero-order valence-electron chi connectivity index (χ0n) is 51.1. The number of carbonyl (C=O) groups excluding carboxylic acids is 2. The first kappa shape index (κ1) is 74.0. The first-order valence-corrected chi connectivity index (χ1v) is 32.5. The Hall–Kier alpha value is -3.01. The molecule has 0 aliphatic rings. The first-order chi connectivity index (χ1) is 37.6. The van der Waals surface area contributed by atoms with Crippen molar-refractivity contribution in [1.82, 2.24) is 0 Å². The van der Waals surface area contributed by atoms with E-state index in [1.165, 1.54) is 180 Å². The third kappa shape index (κ3) is 60.5. The van der Waals surface area contributed by atoms with E-state index in [1.54, 1.807) is 0 Å². The zero-order chi connectivity index (χ0) is 56.2. The SMILES string of the molecule is CC/C=C\C/C=C\C/C=C\C/C=C\CCCCCCCCC(=O)OC(COC(=O)CCCCCCCCCCCCCCCCCCCCCCC/C=C\CCCCCCCCCC)COC(OCC[N+](C)(C)C)C(=O)O. The quantitative estimate of drug-likeness (QED) is 0.0211. The summed E-state index contributed by atoms with van der Waals surface area (Å²) in [4.78, 5) is 37.5. The van der Waals surface area contributed by atoms with Crippen LogP contribution >= 0.6 is 0 Å². The van der Waals surface area contributed by atoms with Crippen LogP contribution in [0.3, 0.4) is 0 Å². The summed E-state index contributed by atoms with van der Waals surface area (Å²) < 4.78 is 22.9. The molecule has 0 bridgehead atoms. The largest absolute Gasteiger partial charge is 0.477 e. The number of carboxylic acid groups (broad SMARTS) is 1. The van der Waals surface area contributed by atoms with Crippen LogP contribution in [-0.4, -0.2) is 87.4 Å². The highest BCUT2D eigenvalue weighted by atomic mass is 16.7. The van der Waals surface area contributed by atoms with Crippen molar-refractivity contribution >= 4 is 17.9 Å². The molecule has 0 radical (unpaired) electrons. The van der Waals surface area contributed by atoms with Crippen LogP contribution in [0.4, 0.5) is 0 Å². The van der Waals surface area contributed by atoms with Gasteiger partial charge in [-0.3, -0.25) is 9.59 Å². The summed E-state index contributed by atoms with van der Waals surface area (Å²) in [6, 6.07) is 0.